The van der Waals surface area contributed by atoms with Gasteiger partial charge in [0.15, 0.2) is 0 Å². The van der Waals surface area contributed by atoms with Gasteiger partial charge in [0.25, 0.3) is 5.91 Å². The number of pyridine rings is 1. The zero-order valence-corrected chi connectivity index (χ0v) is 18.4. The number of nitrogens with zero attached hydrogens (tertiary/aromatic N) is 5. The van der Waals surface area contributed by atoms with Crippen LogP contribution in [0.3, 0.4) is 0 Å². The first-order chi connectivity index (χ1) is 14.5. The van der Waals surface area contributed by atoms with Gasteiger partial charge in [-0.25, -0.2) is 4.98 Å². The highest BCUT2D eigenvalue weighted by molar-refractivity contribution is 5.94. The molecule has 2 aliphatic rings. The van der Waals surface area contributed by atoms with Crippen molar-refractivity contribution < 1.29 is 4.79 Å². The molecule has 1 aromatic heterocycles. The Kier molecular flexibility index (Phi) is 6.35. The lowest BCUT2D eigenvalue weighted by Crippen LogP contribution is -2.49. The van der Waals surface area contributed by atoms with Gasteiger partial charge in [0, 0.05) is 75.7 Å². The summed E-state index contributed by atoms with van der Waals surface area (Å²) in [7, 11) is 2.10. The van der Waals surface area contributed by atoms with Crippen LogP contribution >= 0.6 is 0 Å². The number of likely N-dealkylation sites (N-methyl/N-ethyl adjacent to an activating group) is 1. The van der Waals surface area contributed by atoms with Gasteiger partial charge in [-0.2, -0.15) is 0 Å². The predicted molar refractivity (Wildman–Crippen MR) is 122 cm³/mol. The summed E-state index contributed by atoms with van der Waals surface area (Å²) in [5.74, 6) is 1.17. The minimum absolute atomic E-state index is 0.128. The molecule has 30 heavy (non-hydrogen) atoms. The standard InChI is InChI=1S/C24H33N5O/c1-19(2)27-14-16-28(17-15-27)23-9-8-22(18-25-23)20-4-6-21(7-5-20)24(30)29-12-10-26(3)11-13-29/h4-9,18-19H,10-17H2,1-3H3. The van der Waals surface area contributed by atoms with Crippen LogP contribution in [0.4, 0.5) is 5.82 Å². The Balaban J connectivity index is 1.38. The van der Waals surface area contributed by atoms with E-state index in [0.29, 0.717) is 6.04 Å². The molecule has 4 rings (SSSR count). The van der Waals surface area contributed by atoms with Crippen LogP contribution in [-0.2, 0) is 0 Å². The van der Waals surface area contributed by atoms with E-state index in [4.69, 9.17) is 4.98 Å². The van der Waals surface area contributed by atoms with Crippen molar-refractivity contribution >= 4 is 11.7 Å². The summed E-state index contributed by atoms with van der Waals surface area (Å²) in [4.78, 5) is 26.5. The molecule has 0 radical (unpaired) electrons. The number of hydrogen-bond acceptors (Lipinski definition) is 5. The fraction of sp³-hybridized carbons (Fsp3) is 0.500. The topological polar surface area (TPSA) is 42.9 Å². The van der Waals surface area contributed by atoms with Crippen molar-refractivity contribution in [3.05, 3.63) is 48.2 Å². The van der Waals surface area contributed by atoms with Crippen LogP contribution in [0.1, 0.15) is 24.2 Å². The molecule has 2 aliphatic heterocycles. The fourth-order valence-electron chi connectivity index (χ4n) is 4.21. The van der Waals surface area contributed by atoms with Crippen molar-refractivity contribution in [3.63, 3.8) is 0 Å². The molecule has 2 aromatic rings. The molecule has 3 heterocycles. The third kappa shape index (κ3) is 4.65. The molecule has 6 nitrogen and oxygen atoms in total. The molecule has 0 spiro atoms. The van der Waals surface area contributed by atoms with Crippen molar-refractivity contribution in [2.45, 2.75) is 19.9 Å². The number of aromatic nitrogens is 1. The zero-order chi connectivity index (χ0) is 21.1. The lowest BCUT2D eigenvalue weighted by molar-refractivity contribution is 0.0664. The summed E-state index contributed by atoms with van der Waals surface area (Å²) >= 11 is 0. The first-order valence-electron chi connectivity index (χ1n) is 11.0. The van der Waals surface area contributed by atoms with Gasteiger partial charge in [0.1, 0.15) is 5.82 Å². The van der Waals surface area contributed by atoms with Crippen LogP contribution < -0.4 is 4.90 Å². The molecule has 0 aliphatic carbocycles. The Labute approximate surface area is 180 Å². The molecule has 0 atom stereocenters. The maximum Gasteiger partial charge on any atom is 0.253 e. The Morgan fingerprint density at radius 1 is 0.833 bits per heavy atom. The van der Waals surface area contributed by atoms with Gasteiger partial charge in [-0.3, -0.25) is 9.69 Å². The third-order valence-corrected chi connectivity index (χ3v) is 6.37. The summed E-state index contributed by atoms with van der Waals surface area (Å²) in [6.45, 7) is 12.2. The highest BCUT2D eigenvalue weighted by Gasteiger charge is 2.21. The van der Waals surface area contributed by atoms with Gasteiger partial charge < -0.3 is 14.7 Å². The first kappa shape index (κ1) is 20.8. The Morgan fingerprint density at radius 2 is 1.47 bits per heavy atom. The quantitative estimate of drug-likeness (QED) is 0.780. The minimum atomic E-state index is 0.128. The second-order valence-electron chi connectivity index (χ2n) is 8.69. The monoisotopic (exact) mass is 407 g/mol. The predicted octanol–water partition coefficient (Wildman–Crippen LogP) is 2.67. The number of amides is 1. The number of rotatable bonds is 4. The number of piperazine rings is 2. The maximum absolute atomic E-state index is 12.7. The number of anilines is 1. The summed E-state index contributed by atoms with van der Waals surface area (Å²) in [5, 5.41) is 0. The number of carbonyl (C=O) groups excluding carboxylic acids is 1. The SMILES string of the molecule is CC(C)N1CCN(c2ccc(-c3ccc(C(=O)N4CCN(C)CC4)cc3)cn2)CC1. The molecule has 160 valence electrons. The lowest BCUT2D eigenvalue weighted by Gasteiger charge is -2.37. The number of carbonyl (C=O) groups is 1. The highest BCUT2D eigenvalue weighted by Crippen LogP contribution is 2.23. The molecule has 2 saturated heterocycles. The summed E-state index contributed by atoms with van der Waals surface area (Å²) < 4.78 is 0. The van der Waals surface area contributed by atoms with Gasteiger partial charge in [-0.15, -0.1) is 0 Å². The molecular formula is C24H33N5O. The first-order valence-corrected chi connectivity index (χ1v) is 11.0. The number of hydrogen-bond donors (Lipinski definition) is 0. The zero-order valence-electron chi connectivity index (χ0n) is 18.4. The second kappa shape index (κ2) is 9.14. The second-order valence-corrected chi connectivity index (χ2v) is 8.69. The Bertz CT molecular complexity index is 833. The van der Waals surface area contributed by atoms with Crippen LogP contribution in [-0.4, -0.2) is 91.0 Å². The normalized spacial score (nSPS) is 18.8. The molecule has 0 bridgehead atoms. The van der Waals surface area contributed by atoms with Crippen molar-refractivity contribution in [1.82, 2.24) is 19.7 Å². The lowest BCUT2D eigenvalue weighted by atomic mass is 10.0. The summed E-state index contributed by atoms with van der Waals surface area (Å²) in [6.07, 6.45) is 1.95. The van der Waals surface area contributed by atoms with Crippen molar-refractivity contribution in [2.24, 2.45) is 0 Å². The van der Waals surface area contributed by atoms with Gasteiger partial charge >= 0.3 is 0 Å². The Hall–Kier alpha value is -2.44. The molecule has 1 amide bonds. The summed E-state index contributed by atoms with van der Waals surface area (Å²) in [6, 6.07) is 12.8. The van der Waals surface area contributed by atoms with Crippen LogP contribution in [0, 0.1) is 0 Å². The van der Waals surface area contributed by atoms with Crippen molar-refractivity contribution in [3.8, 4) is 11.1 Å². The van der Waals surface area contributed by atoms with Gasteiger partial charge in [0.05, 0.1) is 0 Å². The molecule has 6 heteroatoms. The average Bonchev–Trinajstić information content (AvgIpc) is 2.79. The van der Waals surface area contributed by atoms with Gasteiger partial charge in [0.2, 0.25) is 0 Å². The third-order valence-electron chi connectivity index (χ3n) is 6.37. The van der Waals surface area contributed by atoms with E-state index in [9.17, 15) is 4.79 Å². The van der Waals surface area contributed by atoms with E-state index in [-0.39, 0.29) is 5.91 Å². The molecule has 0 saturated carbocycles. The molecule has 0 N–H and O–H groups in total. The largest absolute Gasteiger partial charge is 0.354 e. The average molecular weight is 408 g/mol. The molecule has 2 fully saturated rings. The molecule has 0 unspecified atom stereocenters. The minimum Gasteiger partial charge on any atom is -0.354 e. The Morgan fingerprint density at radius 3 is 2.03 bits per heavy atom. The van der Waals surface area contributed by atoms with E-state index in [1.165, 1.54) is 0 Å². The maximum atomic E-state index is 12.7. The van der Waals surface area contributed by atoms with Gasteiger partial charge in [-0.05, 0) is 50.7 Å². The summed E-state index contributed by atoms with van der Waals surface area (Å²) in [5.41, 5.74) is 2.93. The van der Waals surface area contributed by atoms with E-state index in [1.54, 1.807) is 0 Å². The number of benzene rings is 1. The van der Waals surface area contributed by atoms with Crippen molar-refractivity contribution in [1.29, 1.82) is 0 Å². The van der Waals surface area contributed by atoms with E-state index in [1.807, 2.05) is 35.4 Å². The highest BCUT2D eigenvalue weighted by atomic mass is 16.2. The van der Waals surface area contributed by atoms with E-state index >= 15 is 0 Å². The smallest absolute Gasteiger partial charge is 0.253 e. The van der Waals surface area contributed by atoms with Gasteiger partial charge in [-0.1, -0.05) is 12.1 Å². The van der Waals surface area contributed by atoms with Crippen molar-refractivity contribution in [2.75, 3.05) is 64.3 Å². The van der Waals surface area contributed by atoms with Crippen LogP contribution in [0.2, 0.25) is 0 Å². The van der Waals surface area contributed by atoms with Crippen LogP contribution in [0.15, 0.2) is 42.6 Å². The van der Waals surface area contributed by atoms with Crippen LogP contribution in [0.25, 0.3) is 11.1 Å². The van der Waals surface area contributed by atoms with E-state index in [2.05, 4.69) is 47.7 Å². The van der Waals surface area contributed by atoms with Crippen LogP contribution in [0.5, 0.6) is 0 Å². The fourth-order valence-corrected chi connectivity index (χ4v) is 4.21. The van der Waals surface area contributed by atoms with E-state index in [0.717, 1.165) is 74.9 Å². The molecular weight excluding hydrogens is 374 g/mol. The molecule has 1 aromatic carbocycles. The van der Waals surface area contributed by atoms with E-state index < -0.39 is 0 Å².